The molecule has 9 nitrogen and oxygen atoms in total. The third kappa shape index (κ3) is 4.99. The molecule has 10 heteroatoms. The number of hydrogen-bond acceptors (Lipinski definition) is 7. The third-order valence-corrected chi connectivity index (χ3v) is 4.45. The molecule has 3 rings (SSSR count). The Morgan fingerprint density at radius 1 is 1.19 bits per heavy atom. The van der Waals surface area contributed by atoms with Crippen LogP contribution in [0, 0.1) is 16.0 Å². The Bertz CT molecular complexity index is 839. The van der Waals surface area contributed by atoms with Gasteiger partial charge in [-0.1, -0.05) is 17.8 Å². The Hall–Kier alpha value is -3.01. The highest BCUT2D eigenvalue weighted by molar-refractivity contribution is 7.99. The molecule has 2 amide bonds. The van der Waals surface area contributed by atoms with Gasteiger partial charge in [0.15, 0.2) is 5.82 Å². The predicted octanol–water partition coefficient (Wildman–Crippen LogP) is 2.46. The van der Waals surface area contributed by atoms with Gasteiger partial charge in [0.25, 0.3) is 5.69 Å². The Balaban J connectivity index is 1.48. The zero-order valence-electron chi connectivity index (χ0n) is 13.5. The van der Waals surface area contributed by atoms with Gasteiger partial charge in [-0.15, -0.1) is 10.2 Å². The topological polar surface area (TPSA) is 127 Å². The average Bonchev–Trinajstić information content (AvgIpc) is 3.46. The van der Waals surface area contributed by atoms with E-state index in [1.807, 2.05) is 0 Å². The van der Waals surface area contributed by atoms with E-state index in [0.717, 1.165) is 12.8 Å². The van der Waals surface area contributed by atoms with E-state index in [-0.39, 0.29) is 29.2 Å². The first-order chi connectivity index (χ1) is 12.5. The van der Waals surface area contributed by atoms with Crippen LogP contribution in [0.2, 0.25) is 0 Å². The van der Waals surface area contributed by atoms with E-state index in [1.54, 1.807) is 18.2 Å². The number of amides is 2. The summed E-state index contributed by atoms with van der Waals surface area (Å²) in [6.07, 6.45) is 1.82. The van der Waals surface area contributed by atoms with Crippen molar-refractivity contribution in [3.63, 3.8) is 0 Å². The fourth-order valence-corrected chi connectivity index (χ4v) is 2.69. The molecule has 0 spiro atoms. The predicted molar refractivity (Wildman–Crippen MR) is 95.8 cm³/mol. The zero-order chi connectivity index (χ0) is 18.5. The van der Waals surface area contributed by atoms with Crippen molar-refractivity contribution in [3.8, 4) is 0 Å². The molecule has 1 fully saturated rings. The summed E-state index contributed by atoms with van der Waals surface area (Å²) >= 11 is 1.17. The highest BCUT2D eigenvalue weighted by Crippen LogP contribution is 2.30. The quantitative estimate of drug-likeness (QED) is 0.433. The lowest BCUT2D eigenvalue weighted by atomic mass is 10.3. The summed E-state index contributed by atoms with van der Waals surface area (Å²) in [6, 6.07) is 9.02. The number of rotatable bonds is 7. The molecular weight excluding hydrogens is 358 g/mol. The van der Waals surface area contributed by atoms with Crippen LogP contribution >= 0.6 is 11.8 Å². The molecule has 2 N–H and O–H groups in total. The smallest absolute Gasteiger partial charge is 0.271 e. The highest BCUT2D eigenvalue weighted by Gasteiger charge is 2.29. The molecule has 0 radical (unpaired) electrons. The summed E-state index contributed by atoms with van der Waals surface area (Å²) in [7, 11) is 0. The number of benzene rings is 1. The van der Waals surface area contributed by atoms with Gasteiger partial charge in [0.2, 0.25) is 11.8 Å². The van der Waals surface area contributed by atoms with Crippen LogP contribution in [0.1, 0.15) is 12.8 Å². The van der Waals surface area contributed by atoms with Crippen LogP contribution in [-0.2, 0) is 9.59 Å². The summed E-state index contributed by atoms with van der Waals surface area (Å²) in [5.41, 5.74) is 0.263. The second-order valence-electron chi connectivity index (χ2n) is 5.66. The van der Waals surface area contributed by atoms with Crippen LogP contribution in [0.15, 0.2) is 41.4 Å². The molecule has 0 atom stereocenters. The van der Waals surface area contributed by atoms with E-state index in [1.165, 1.54) is 30.0 Å². The number of nitro benzene ring substituents is 1. The standard InChI is InChI=1S/C16H15N5O4S/c22-14(17-11-2-1-3-12(8-11)21(24)25)9-26-15-7-6-13(19-20-15)18-16(23)10-4-5-10/h1-3,6-8,10H,4-5,9H2,(H,17,22)(H,18,19,23). The Kier molecular flexibility index (Phi) is 5.42. The number of nitro groups is 1. The number of non-ortho nitro benzene ring substituents is 1. The van der Waals surface area contributed by atoms with Crippen molar-refractivity contribution in [2.75, 3.05) is 16.4 Å². The lowest BCUT2D eigenvalue weighted by Crippen LogP contribution is -2.15. The lowest BCUT2D eigenvalue weighted by molar-refractivity contribution is -0.384. The van der Waals surface area contributed by atoms with Crippen LogP contribution < -0.4 is 10.6 Å². The van der Waals surface area contributed by atoms with Crippen LogP contribution in [-0.4, -0.2) is 32.7 Å². The number of nitrogens with zero attached hydrogens (tertiary/aromatic N) is 3. The Morgan fingerprint density at radius 2 is 2.00 bits per heavy atom. The van der Waals surface area contributed by atoms with Gasteiger partial charge >= 0.3 is 0 Å². The second-order valence-corrected chi connectivity index (χ2v) is 6.66. The molecule has 1 heterocycles. The first-order valence-electron chi connectivity index (χ1n) is 7.83. The van der Waals surface area contributed by atoms with Gasteiger partial charge in [-0.25, -0.2) is 0 Å². The molecule has 134 valence electrons. The van der Waals surface area contributed by atoms with E-state index < -0.39 is 4.92 Å². The first-order valence-corrected chi connectivity index (χ1v) is 8.81. The molecule has 1 aromatic heterocycles. The molecule has 1 aliphatic rings. The monoisotopic (exact) mass is 373 g/mol. The number of hydrogen-bond donors (Lipinski definition) is 2. The summed E-state index contributed by atoms with van der Waals surface area (Å²) < 4.78 is 0. The zero-order valence-corrected chi connectivity index (χ0v) is 14.4. The summed E-state index contributed by atoms with van der Waals surface area (Å²) in [4.78, 5) is 33.8. The maximum Gasteiger partial charge on any atom is 0.271 e. The molecule has 1 aliphatic carbocycles. The van der Waals surface area contributed by atoms with Crippen molar-refractivity contribution in [3.05, 3.63) is 46.5 Å². The molecule has 2 aromatic rings. The molecule has 0 aliphatic heterocycles. The number of nitrogens with one attached hydrogen (secondary N) is 2. The molecule has 1 aromatic carbocycles. The van der Waals surface area contributed by atoms with Crippen LogP contribution in [0.25, 0.3) is 0 Å². The minimum Gasteiger partial charge on any atom is -0.325 e. The van der Waals surface area contributed by atoms with E-state index in [2.05, 4.69) is 20.8 Å². The van der Waals surface area contributed by atoms with Gasteiger partial charge in [0.05, 0.1) is 10.7 Å². The molecule has 0 unspecified atom stereocenters. The maximum atomic E-state index is 12.0. The van der Waals surface area contributed by atoms with Crippen molar-refractivity contribution >= 4 is 40.8 Å². The van der Waals surface area contributed by atoms with E-state index in [0.29, 0.717) is 16.5 Å². The normalized spacial score (nSPS) is 13.1. The third-order valence-electron chi connectivity index (χ3n) is 3.53. The number of anilines is 2. The molecule has 0 bridgehead atoms. The van der Waals surface area contributed by atoms with Crippen molar-refractivity contribution in [2.45, 2.75) is 17.9 Å². The molecular formula is C16H15N5O4S. The number of carbonyl (C=O) groups excluding carboxylic acids is 2. The minimum absolute atomic E-state index is 0.0453. The van der Waals surface area contributed by atoms with Crippen molar-refractivity contribution in [1.29, 1.82) is 0 Å². The largest absolute Gasteiger partial charge is 0.325 e. The fourth-order valence-electron chi connectivity index (χ4n) is 2.07. The van der Waals surface area contributed by atoms with Gasteiger partial charge in [0, 0.05) is 23.7 Å². The van der Waals surface area contributed by atoms with Gasteiger partial charge in [-0.2, -0.15) is 0 Å². The van der Waals surface area contributed by atoms with Crippen LogP contribution in [0.3, 0.4) is 0 Å². The van der Waals surface area contributed by atoms with Gasteiger partial charge in [-0.3, -0.25) is 19.7 Å². The average molecular weight is 373 g/mol. The minimum atomic E-state index is -0.524. The van der Waals surface area contributed by atoms with Crippen LogP contribution in [0.5, 0.6) is 0 Å². The van der Waals surface area contributed by atoms with Gasteiger partial charge < -0.3 is 10.6 Å². The fraction of sp³-hybridized carbons (Fsp3) is 0.250. The second kappa shape index (κ2) is 7.91. The van der Waals surface area contributed by atoms with Crippen LogP contribution in [0.4, 0.5) is 17.2 Å². The lowest BCUT2D eigenvalue weighted by Gasteiger charge is -2.05. The summed E-state index contributed by atoms with van der Waals surface area (Å²) in [6.45, 7) is 0. The van der Waals surface area contributed by atoms with Gasteiger partial charge in [-0.05, 0) is 31.0 Å². The maximum absolute atomic E-state index is 12.0. The number of carbonyl (C=O) groups is 2. The SMILES string of the molecule is O=C(CSc1ccc(NC(=O)C2CC2)nn1)Nc1cccc([N+](=O)[O-])c1. The number of aromatic nitrogens is 2. The molecule has 26 heavy (non-hydrogen) atoms. The number of thioether (sulfide) groups is 1. The van der Waals surface area contributed by atoms with E-state index >= 15 is 0 Å². The highest BCUT2D eigenvalue weighted by atomic mass is 32.2. The van der Waals surface area contributed by atoms with Crippen molar-refractivity contribution < 1.29 is 14.5 Å². The van der Waals surface area contributed by atoms with Gasteiger partial charge in [0.1, 0.15) is 5.03 Å². The van der Waals surface area contributed by atoms with E-state index in [9.17, 15) is 19.7 Å². The van der Waals surface area contributed by atoms with Crippen molar-refractivity contribution in [2.24, 2.45) is 5.92 Å². The summed E-state index contributed by atoms with van der Waals surface area (Å²) in [5, 5.41) is 24.4. The first kappa shape index (κ1) is 17.8. The Labute approximate surface area is 152 Å². The van der Waals surface area contributed by atoms with E-state index in [4.69, 9.17) is 0 Å². The molecule has 0 saturated heterocycles. The molecule has 1 saturated carbocycles. The summed E-state index contributed by atoms with van der Waals surface area (Å²) in [5.74, 6) is 0.181. The van der Waals surface area contributed by atoms with Crippen molar-refractivity contribution in [1.82, 2.24) is 10.2 Å². The Morgan fingerprint density at radius 3 is 2.65 bits per heavy atom.